The number of aliphatic hydroxyl groups excluding tert-OH is 3. The fourth-order valence-corrected chi connectivity index (χ4v) is 14.2. The molecule has 2 saturated heterocycles. The van der Waals surface area contributed by atoms with Crippen molar-refractivity contribution in [2.24, 2.45) is 50.7 Å². The first kappa shape index (κ1) is 36.0. The average Bonchev–Trinajstić information content (AvgIpc) is 3.66. The molecule has 48 heavy (non-hydrogen) atoms. The smallest absolute Gasteiger partial charge is 0.170 e. The molecule has 276 valence electrons. The Morgan fingerprint density at radius 1 is 0.979 bits per heavy atom. The zero-order chi connectivity index (χ0) is 34.7. The lowest BCUT2D eigenvalue weighted by Gasteiger charge is -2.64. The molecule has 1 unspecified atom stereocenters. The van der Waals surface area contributed by atoms with E-state index < -0.39 is 17.8 Å². The van der Waals surface area contributed by atoms with Gasteiger partial charge in [-0.15, -0.1) is 0 Å². The molecule has 0 amide bonds. The topological polar surface area (TPSA) is 121 Å². The standard InChI is InChI=1S/C39H67NO8/c1-9-45-33(35(5,6)44)25-18-23(2)30-31(47-25)32(43)37(8)27-11-10-26-34(3,4)28(48-29-19-40(16-17-46-29)24(20-41)21-42)12-13-38(26)22-39(27,38)15-14-36(30,37)7/h23-33,41-44H,9-22H2,1-8H3/t23-,25-,26+,27+,28+,29+,30+,31+,32+,33+,36-,37-,38?,39+/m1/s1. The zero-order valence-electron chi connectivity index (χ0n) is 31.1. The molecule has 0 aromatic rings. The second-order valence-corrected chi connectivity index (χ2v) is 19.0. The number of ether oxygens (including phenoxy) is 4. The maximum absolute atomic E-state index is 12.6. The van der Waals surface area contributed by atoms with Crippen molar-refractivity contribution in [1.29, 1.82) is 0 Å². The molecular weight excluding hydrogens is 610 g/mol. The van der Waals surface area contributed by atoms with Crippen molar-refractivity contribution < 1.29 is 39.4 Å². The van der Waals surface area contributed by atoms with Gasteiger partial charge in [0, 0.05) is 18.6 Å². The number of fused-ring (bicyclic) bond motifs is 4. The van der Waals surface area contributed by atoms with Gasteiger partial charge in [-0.1, -0.05) is 34.6 Å². The molecule has 7 aliphatic rings. The highest BCUT2D eigenvalue weighted by molar-refractivity contribution is 5.33. The molecule has 5 saturated carbocycles. The summed E-state index contributed by atoms with van der Waals surface area (Å²) in [7, 11) is 0. The van der Waals surface area contributed by atoms with Crippen LogP contribution in [0.3, 0.4) is 0 Å². The molecule has 5 aliphatic carbocycles. The van der Waals surface area contributed by atoms with E-state index in [4.69, 9.17) is 18.9 Å². The van der Waals surface area contributed by atoms with Crippen LogP contribution in [0.15, 0.2) is 0 Å². The second-order valence-electron chi connectivity index (χ2n) is 19.0. The van der Waals surface area contributed by atoms with Gasteiger partial charge in [0.2, 0.25) is 0 Å². The molecule has 0 aromatic heterocycles. The van der Waals surface area contributed by atoms with E-state index in [1.54, 1.807) is 0 Å². The van der Waals surface area contributed by atoms with Crippen LogP contribution in [0.1, 0.15) is 107 Å². The van der Waals surface area contributed by atoms with Crippen molar-refractivity contribution in [2.75, 3.05) is 39.5 Å². The van der Waals surface area contributed by atoms with E-state index in [0.29, 0.717) is 49.5 Å². The van der Waals surface area contributed by atoms with E-state index in [1.807, 2.05) is 20.8 Å². The SMILES string of the molecule is CCO[C@@H]([C@H]1C[C@@H](C)[C@H]2[C@H](O1)[C@H](O)[C@@]1(C)[C@@H]3CC[C@H]4C(C)(C)[C@@H](O[C@H]5CN(C(CO)CO)CCO5)CCC45C[C@@]35CC[C@]21C)C(C)(C)O. The fraction of sp³-hybridized carbons (Fsp3) is 1.00. The van der Waals surface area contributed by atoms with E-state index in [1.165, 1.54) is 19.3 Å². The Labute approximate surface area is 289 Å². The van der Waals surface area contributed by atoms with Crippen LogP contribution in [0.2, 0.25) is 0 Å². The van der Waals surface area contributed by atoms with E-state index in [-0.39, 0.29) is 71.4 Å². The highest BCUT2D eigenvalue weighted by Gasteiger charge is 2.84. The minimum atomic E-state index is -1.03. The molecular formula is C39H67NO8. The lowest BCUT2D eigenvalue weighted by molar-refractivity contribution is -0.252. The normalized spacial score (nSPS) is 50.6. The van der Waals surface area contributed by atoms with Gasteiger partial charge in [0.25, 0.3) is 0 Å². The van der Waals surface area contributed by atoms with Crippen molar-refractivity contribution in [3.05, 3.63) is 0 Å². The predicted octanol–water partition coefficient (Wildman–Crippen LogP) is 4.37. The summed E-state index contributed by atoms with van der Waals surface area (Å²) in [5.41, 5.74) is -0.722. The molecule has 0 radical (unpaired) electrons. The summed E-state index contributed by atoms with van der Waals surface area (Å²) in [6, 6.07) is -0.274. The lowest BCUT2D eigenvalue weighted by Crippen LogP contribution is -2.60. The van der Waals surface area contributed by atoms with Crippen LogP contribution >= 0.6 is 0 Å². The van der Waals surface area contributed by atoms with E-state index >= 15 is 0 Å². The van der Waals surface area contributed by atoms with Gasteiger partial charge in [-0.3, -0.25) is 4.90 Å². The maximum atomic E-state index is 12.6. The van der Waals surface area contributed by atoms with Gasteiger partial charge < -0.3 is 39.4 Å². The van der Waals surface area contributed by atoms with Gasteiger partial charge in [0.1, 0.15) is 6.10 Å². The molecule has 0 aromatic carbocycles. The first-order valence-electron chi connectivity index (χ1n) is 19.5. The predicted molar refractivity (Wildman–Crippen MR) is 182 cm³/mol. The second kappa shape index (κ2) is 12.1. The molecule has 4 N–H and O–H groups in total. The van der Waals surface area contributed by atoms with Crippen molar-refractivity contribution >= 4 is 0 Å². The third-order valence-electron chi connectivity index (χ3n) is 16.5. The Hall–Kier alpha value is -0.360. The highest BCUT2D eigenvalue weighted by Crippen LogP contribution is 2.89. The van der Waals surface area contributed by atoms with Crippen molar-refractivity contribution in [3.8, 4) is 0 Å². The molecule has 2 spiro atoms. The van der Waals surface area contributed by atoms with E-state index in [0.717, 1.165) is 32.1 Å². The lowest BCUT2D eigenvalue weighted by atomic mass is 9.41. The minimum absolute atomic E-state index is 0.00805. The van der Waals surface area contributed by atoms with Crippen molar-refractivity contribution in [1.82, 2.24) is 4.90 Å². The summed E-state index contributed by atoms with van der Waals surface area (Å²) >= 11 is 0. The number of hydrogen-bond acceptors (Lipinski definition) is 9. The van der Waals surface area contributed by atoms with E-state index in [9.17, 15) is 20.4 Å². The number of morpholine rings is 1. The Bertz CT molecular complexity index is 1190. The van der Waals surface area contributed by atoms with Crippen molar-refractivity contribution in [2.45, 2.75) is 155 Å². The molecule has 2 heterocycles. The van der Waals surface area contributed by atoms with Gasteiger partial charge in [-0.05, 0) is 117 Å². The summed E-state index contributed by atoms with van der Waals surface area (Å²) in [6.45, 7) is 19.9. The third kappa shape index (κ3) is 4.87. The van der Waals surface area contributed by atoms with Crippen LogP contribution in [0.5, 0.6) is 0 Å². The van der Waals surface area contributed by atoms with Crippen LogP contribution < -0.4 is 0 Å². The molecule has 9 nitrogen and oxygen atoms in total. The first-order valence-corrected chi connectivity index (χ1v) is 19.5. The molecule has 9 heteroatoms. The first-order chi connectivity index (χ1) is 22.6. The van der Waals surface area contributed by atoms with Gasteiger partial charge in [0.05, 0.1) is 62.4 Å². The Morgan fingerprint density at radius 3 is 2.33 bits per heavy atom. The number of nitrogens with zero attached hydrogens (tertiary/aromatic N) is 1. The van der Waals surface area contributed by atoms with Gasteiger partial charge >= 0.3 is 0 Å². The van der Waals surface area contributed by atoms with Gasteiger partial charge in [0.15, 0.2) is 6.29 Å². The Morgan fingerprint density at radius 2 is 1.67 bits per heavy atom. The van der Waals surface area contributed by atoms with Crippen LogP contribution in [-0.2, 0) is 18.9 Å². The largest absolute Gasteiger partial charge is 0.395 e. The third-order valence-corrected chi connectivity index (χ3v) is 16.5. The molecule has 2 aliphatic heterocycles. The molecule has 0 bridgehead atoms. The van der Waals surface area contributed by atoms with Crippen LogP contribution in [0, 0.1) is 50.7 Å². The Balaban J connectivity index is 1.11. The average molecular weight is 678 g/mol. The van der Waals surface area contributed by atoms with Gasteiger partial charge in [-0.25, -0.2) is 0 Å². The van der Waals surface area contributed by atoms with Crippen LogP contribution in [0.4, 0.5) is 0 Å². The highest BCUT2D eigenvalue weighted by atomic mass is 16.7. The maximum Gasteiger partial charge on any atom is 0.170 e. The fourth-order valence-electron chi connectivity index (χ4n) is 14.2. The number of rotatable bonds is 9. The quantitative estimate of drug-likeness (QED) is 0.282. The monoisotopic (exact) mass is 677 g/mol. The minimum Gasteiger partial charge on any atom is -0.395 e. The van der Waals surface area contributed by atoms with Crippen molar-refractivity contribution in [3.63, 3.8) is 0 Å². The van der Waals surface area contributed by atoms with E-state index in [2.05, 4.69) is 39.5 Å². The zero-order valence-corrected chi connectivity index (χ0v) is 31.1. The molecule has 7 fully saturated rings. The van der Waals surface area contributed by atoms with Crippen LogP contribution in [0.25, 0.3) is 0 Å². The number of aliphatic hydroxyl groups is 4. The summed E-state index contributed by atoms with van der Waals surface area (Å²) in [5, 5.41) is 43.2. The Kier molecular flexibility index (Phi) is 9.07. The summed E-state index contributed by atoms with van der Waals surface area (Å²) < 4.78 is 26.0. The van der Waals surface area contributed by atoms with Crippen LogP contribution in [-0.4, -0.2) is 113 Å². The number of hydrogen-bond donors (Lipinski definition) is 4. The summed E-state index contributed by atoms with van der Waals surface area (Å²) in [6.07, 6.45) is 7.25. The summed E-state index contributed by atoms with van der Waals surface area (Å²) in [5.74, 6) is 1.68. The molecule has 7 rings (SSSR count). The van der Waals surface area contributed by atoms with Gasteiger partial charge in [-0.2, -0.15) is 0 Å². The molecule has 14 atom stereocenters. The summed E-state index contributed by atoms with van der Waals surface area (Å²) in [4.78, 5) is 2.10.